The predicted molar refractivity (Wildman–Crippen MR) is 67.9 cm³/mol. The molecule has 0 fully saturated rings. The molecular formula is C12H19NO3S. The molecule has 0 aliphatic carbocycles. The quantitative estimate of drug-likeness (QED) is 0.332. The Morgan fingerprint density at radius 1 is 1.53 bits per heavy atom. The largest absolute Gasteiger partial charge is 0.618 e. The zero-order chi connectivity index (χ0) is 12.5. The fraction of sp³-hybridized carbons (Fsp3) is 0.583. The van der Waals surface area contributed by atoms with Crippen LogP contribution in [0.25, 0.3) is 0 Å². The molecule has 96 valence electrons. The van der Waals surface area contributed by atoms with Crippen LogP contribution >= 0.6 is 11.8 Å². The minimum atomic E-state index is -0.530. The van der Waals surface area contributed by atoms with E-state index in [4.69, 9.17) is 4.74 Å². The molecule has 0 saturated carbocycles. The van der Waals surface area contributed by atoms with Crippen molar-refractivity contribution in [3.8, 4) is 0 Å². The second-order valence-electron chi connectivity index (χ2n) is 3.76. The van der Waals surface area contributed by atoms with Gasteiger partial charge in [-0.25, -0.2) is 0 Å². The highest BCUT2D eigenvalue weighted by Crippen LogP contribution is 2.13. The molecule has 5 heteroatoms. The van der Waals surface area contributed by atoms with Gasteiger partial charge in [-0.2, -0.15) is 4.73 Å². The number of thioether (sulfide) groups is 1. The molecule has 1 heterocycles. The van der Waals surface area contributed by atoms with Crippen LogP contribution in [0.15, 0.2) is 29.4 Å². The van der Waals surface area contributed by atoms with Crippen molar-refractivity contribution in [2.75, 3.05) is 19.0 Å². The molecule has 1 N–H and O–H groups in total. The minimum Gasteiger partial charge on any atom is -0.618 e. The van der Waals surface area contributed by atoms with Gasteiger partial charge in [0.25, 0.3) is 5.03 Å². The predicted octanol–water partition coefficient (Wildman–Crippen LogP) is 1.59. The molecule has 4 nitrogen and oxygen atoms in total. The SMILES string of the molecule is CCCCOC[C@H](O)CSc1cccc[n+]1[O-]. The lowest BCUT2D eigenvalue weighted by Crippen LogP contribution is -2.28. The van der Waals surface area contributed by atoms with Crippen LogP contribution in [0.1, 0.15) is 19.8 Å². The van der Waals surface area contributed by atoms with Crippen molar-refractivity contribution in [1.82, 2.24) is 0 Å². The number of aliphatic hydroxyl groups excluding tert-OH is 1. The van der Waals surface area contributed by atoms with E-state index in [-0.39, 0.29) is 0 Å². The third kappa shape index (κ3) is 5.91. The van der Waals surface area contributed by atoms with E-state index in [9.17, 15) is 10.3 Å². The number of rotatable bonds is 8. The third-order valence-corrected chi connectivity index (χ3v) is 3.33. The van der Waals surface area contributed by atoms with Crippen molar-refractivity contribution in [3.05, 3.63) is 29.6 Å². The highest BCUT2D eigenvalue weighted by atomic mass is 32.2. The first-order valence-corrected chi connectivity index (χ1v) is 6.79. The van der Waals surface area contributed by atoms with Crippen LogP contribution in [0.3, 0.4) is 0 Å². The van der Waals surface area contributed by atoms with E-state index in [0.717, 1.165) is 17.6 Å². The summed E-state index contributed by atoms with van der Waals surface area (Å²) in [5.74, 6) is 0.471. The van der Waals surface area contributed by atoms with E-state index in [0.29, 0.717) is 24.0 Å². The summed E-state index contributed by atoms with van der Waals surface area (Å²) < 4.78 is 6.11. The molecule has 0 aliphatic heterocycles. The first-order valence-electron chi connectivity index (χ1n) is 5.81. The van der Waals surface area contributed by atoms with Gasteiger partial charge in [0.1, 0.15) is 0 Å². The first kappa shape index (κ1) is 14.3. The van der Waals surface area contributed by atoms with Crippen LogP contribution in [0.4, 0.5) is 0 Å². The Kier molecular flexibility index (Phi) is 7.00. The van der Waals surface area contributed by atoms with E-state index in [2.05, 4.69) is 6.92 Å². The maximum absolute atomic E-state index is 11.3. The van der Waals surface area contributed by atoms with Crippen molar-refractivity contribution >= 4 is 11.8 Å². The zero-order valence-electron chi connectivity index (χ0n) is 10.0. The molecule has 0 amide bonds. The van der Waals surface area contributed by atoms with Crippen molar-refractivity contribution in [2.45, 2.75) is 30.9 Å². The third-order valence-electron chi connectivity index (χ3n) is 2.16. The van der Waals surface area contributed by atoms with E-state index in [1.807, 2.05) is 0 Å². The van der Waals surface area contributed by atoms with Crippen molar-refractivity contribution in [2.24, 2.45) is 0 Å². The Morgan fingerprint density at radius 3 is 3.06 bits per heavy atom. The molecule has 0 aromatic carbocycles. The Labute approximate surface area is 106 Å². The average Bonchev–Trinajstić information content (AvgIpc) is 2.34. The van der Waals surface area contributed by atoms with Crippen LogP contribution in [-0.2, 0) is 4.74 Å². The van der Waals surface area contributed by atoms with E-state index in [1.165, 1.54) is 18.0 Å². The zero-order valence-corrected chi connectivity index (χ0v) is 10.9. The summed E-state index contributed by atoms with van der Waals surface area (Å²) >= 11 is 1.34. The Bertz CT molecular complexity index is 322. The molecule has 0 unspecified atom stereocenters. The highest BCUT2D eigenvalue weighted by Gasteiger charge is 2.09. The lowest BCUT2D eigenvalue weighted by Gasteiger charge is -2.10. The number of aromatic nitrogens is 1. The highest BCUT2D eigenvalue weighted by molar-refractivity contribution is 7.99. The lowest BCUT2D eigenvalue weighted by atomic mass is 10.3. The summed E-state index contributed by atoms with van der Waals surface area (Å²) in [6, 6.07) is 5.23. The van der Waals surface area contributed by atoms with Gasteiger partial charge in [-0.15, -0.1) is 0 Å². The maximum atomic E-state index is 11.3. The number of nitrogens with zero attached hydrogens (tertiary/aromatic N) is 1. The smallest absolute Gasteiger partial charge is 0.251 e. The lowest BCUT2D eigenvalue weighted by molar-refractivity contribution is -0.645. The molecule has 0 saturated heterocycles. The maximum Gasteiger partial charge on any atom is 0.251 e. The van der Waals surface area contributed by atoms with E-state index in [1.54, 1.807) is 18.2 Å². The van der Waals surface area contributed by atoms with Crippen LogP contribution in [0.2, 0.25) is 0 Å². The molecule has 0 bridgehead atoms. The second kappa shape index (κ2) is 8.33. The van der Waals surface area contributed by atoms with Crippen LogP contribution in [0.5, 0.6) is 0 Å². The van der Waals surface area contributed by atoms with Gasteiger partial charge >= 0.3 is 0 Å². The molecule has 1 aromatic heterocycles. The minimum absolute atomic E-state index is 0.332. The summed E-state index contributed by atoms with van der Waals surface area (Å²) in [5.41, 5.74) is 0. The number of hydrogen-bond donors (Lipinski definition) is 1. The second-order valence-corrected chi connectivity index (χ2v) is 4.80. The Balaban J connectivity index is 2.19. The summed E-state index contributed by atoms with van der Waals surface area (Å²) in [4.78, 5) is 0. The summed E-state index contributed by atoms with van der Waals surface area (Å²) in [6.07, 6.45) is 3.02. The standard InChI is InChI=1S/C12H19NO3S/c1-2-3-8-16-9-11(14)10-17-12-6-4-5-7-13(12)15/h4-7,11,14H,2-3,8-10H2,1H3/t11-/m0/s1. The average molecular weight is 257 g/mol. The van der Waals surface area contributed by atoms with E-state index >= 15 is 0 Å². The van der Waals surface area contributed by atoms with Crippen molar-refractivity contribution in [1.29, 1.82) is 0 Å². The Hall–Kier alpha value is -0.780. The Morgan fingerprint density at radius 2 is 2.35 bits per heavy atom. The molecule has 1 aromatic rings. The number of pyridine rings is 1. The van der Waals surface area contributed by atoms with Gasteiger partial charge in [-0.1, -0.05) is 25.1 Å². The summed E-state index contributed by atoms with van der Waals surface area (Å²) in [7, 11) is 0. The summed E-state index contributed by atoms with van der Waals surface area (Å²) in [5, 5.41) is 21.6. The van der Waals surface area contributed by atoms with Crippen molar-refractivity contribution in [3.63, 3.8) is 0 Å². The topological polar surface area (TPSA) is 56.4 Å². The number of ether oxygens (including phenoxy) is 1. The fourth-order valence-corrected chi connectivity index (χ4v) is 2.04. The van der Waals surface area contributed by atoms with Crippen LogP contribution in [-0.4, -0.2) is 30.2 Å². The molecule has 0 spiro atoms. The summed E-state index contributed by atoms with van der Waals surface area (Å²) in [6.45, 7) is 3.11. The van der Waals surface area contributed by atoms with Gasteiger partial charge in [-0.05, 0) is 12.5 Å². The van der Waals surface area contributed by atoms with Gasteiger partial charge in [0.05, 0.1) is 12.7 Å². The normalized spacial score (nSPS) is 12.6. The molecule has 1 atom stereocenters. The number of unbranched alkanes of at least 4 members (excludes halogenated alkanes) is 1. The molecule has 1 rings (SSSR count). The fourth-order valence-electron chi connectivity index (χ4n) is 1.22. The monoisotopic (exact) mass is 257 g/mol. The number of aliphatic hydroxyl groups is 1. The van der Waals surface area contributed by atoms with Gasteiger partial charge in [-0.3, -0.25) is 0 Å². The van der Waals surface area contributed by atoms with Gasteiger partial charge < -0.3 is 15.1 Å². The van der Waals surface area contributed by atoms with Crippen LogP contribution in [0, 0.1) is 5.21 Å². The van der Waals surface area contributed by atoms with Gasteiger partial charge in [0.2, 0.25) is 0 Å². The molecule has 0 aliphatic rings. The van der Waals surface area contributed by atoms with E-state index < -0.39 is 6.10 Å². The number of hydrogen-bond acceptors (Lipinski definition) is 4. The van der Waals surface area contributed by atoms with Crippen molar-refractivity contribution < 1.29 is 14.6 Å². The van der Waals surface area contributed by atoms with Gasteiger partial charge in [0, 0.05) is 24.5 Å². The first-order chi connectivity index (χ1) is 8.24. The molecular weight excluding hydrogens is 238 g/mol. The van der Waals surface area contributed by atoms with Crippen LogP contribution < -0.4 is 4.73 Å². The van der Waals surface area contributed by atoms with Gasteiger partial charge in [0.15, 0.2) is 6.20 Å². The molecule has 17 heavy (non-hydrogen) atoms. The molecule has 0 radical (unpaired) electrons.